The van der Waals surface area contributed by atoms with Gasteiger partial charge in [-0.05, 0) is 57.9 Å². The second kappa shape index (κ2) is 22.9. The van der Waals surface area contributed by atoms with Crippen molar-refractivity contribution in [3.63, 3.8) is 0 Å². The molecule has 240 valence electrons. The molecule has 42 heavy (non-hydrogen) atoms. The number of nitrogens with two attached hydrogens (primary N) is 1. The summed E-state index contributed by atoms with van der Waals surface area (Å²) in [4.78, 5) is 80.7. The summed E-state index contributed by atoms with van der Waals surface area (Å²) >= 11 is 0. The highest BCUT2D eigenvalue weighted by Crippen LogP contribution is 2.16. The number of rotatable bonds is 26. The Morgan fingerprint density at radius 3 is 1.71 bits per heavy atom. The highest BCUT2D eigenvalue weighted by Gasteiger charge is 2.25. The molecule has 0 aliphatic heterocycles. The second-order valence-electron chi connectivity index (χ2n) is 10.2. The number of nitrogens with one attached hydrogen (secondary N) is 3. The molecule has 9 N–H and O–H groups in total. The van der Waals surface area contributed by atoms with Gasteiger partial charge in [0.15, 0.2) is 0 Å². The summed E-state index contributed by atoms with van der Waals surface area (Å²) < 4.78 is 0. The zero-order valence-corrected chi connectivity index (χ0v) is 24.0. The van der Waals surface area contributed by atoms with Crippen LogP contribution in [0.5, 0.6) is 0 Å². The zero-order valence-electron chi connectivity index (χ0n) is 24.0. The minimum atomic E-state index is -1.48. The maximum atomic E-state index is 12.1. The fourth-order valence-electron chi connectivity index (χ4n) is 4.12. The summed E-state index contributed by atoms with van der Waals surface area (Å²) in [6.45, 7) is 0.794. The third kappa shape index (κ3) is 20.2. The van der Waals surface area contributed by atoms with Gasteiger partial charge in [-0.3, -0.25) is 19.2 Å². The SMILES string of the molecule is NCCCCC(CC(=O)CCCCCCC(=O)NCCCC[C@H](NC(=O)N[C@@H](CCC(=O)O)C(=O)O)C(=O)O)C(=O)O. The van der Waals surface area contributed by atoms with Crippen LogP contribution >= 0.6 is 0 Å². The average Bonchev–Trinajstić information content (AvgIpc) is 2.91. The lowest BCUT2D eigenvalue weighted by molar-refractivity contribution is -0.144. The van der Waals surface area contributed by atoms with Crippen LogP contribution in [-0.4, -0.2) is 87.2 Å². The van der Waals surface area contributed by atoms with Crippen LogP contribution in [0, 0.1) is 5.92 Å². The van der Waals surface area contributed by atoms with Gasteiger partial charge < -0.3 is 42.1 Å². The maximum Gasteiger partial charge on any atom is 0.326 e. The van der Waals surface area contributed by atoms with Crippen LogP contribution < -0.4 is 21.7 Å². The zero-order chi connectivity index (χ0) is 31.9. The second-order valence-corrected chi connectivity index (χ2v) is 10.2. The van der Waals surface area contributed by atoms with Gasteiger partial charge in [0.05, 0.1) is 5.92 Å². The molecule has 0 aromatic heterocycles. The normalized spacial score (nSPS) is 12.9. The lowest BCUT2D eigenvalue weighted by Gasteiger charge is -2.18. The van der Waals surface area contributed by atoms with Crippen molar-refractivity contribution < 1.29 is 54.0 Å². The minimum absolute atomic E-state index is 0.0264. The summed E-state index contributed by atoms with van der Waals surface area (Å²) in [7, 11) is 0. The van der Waals surface area contributed by atoms with Gasteiger partial charge in [0.25, 0.3) is 0 Å². The molecule has 0 aliphatic rings. The summed E-state index contributed by atoms with van der Waals surface area (Å²) in [6.07, 6.45) is 5.20. The molecule has 0 radical (unpaired) electrons. The van der Waals surface area contributed by atoms with Crippen molar-refractivity contribution in [2.24, 2.45) is 11.7 Å². The fourth-order valence-corrected chi connectivity index (χ4v) is 4.12. The van der Waals surface area contributed by atoms with Crippen molar-refractivity contribution in [3.8, 4) is 0 Å². The highest BCUT2D eigenvalue weighted by atomic mass is 16.4. The molecule has 15 nitrogen and oxygen atoms in total. The maximum absolute atomic E-state index is 12.1. The third-order valence-electron chi connectivity index (χ3n) is 6.53. The monoisotopic (exact) mass is 602 g/mol. The van der Waals surface area contributed by atoms with E-state index < -0.39 is 54.3 Å². The molecule has 0 aromatic carbocycles. The van der Waals surface area contributed by atoms with Crippen molar-refractivity contribution in [1.82, 2.24) is 16.0 Å². The van der Waals surface area contributed by atoms with Gasteiger partial charge in [0, 0.05) is 32.2 Å². The first-order valence-electron chi connectivity index (χ1n) is 14.3. The predicted octanol–water partition coefficient (Wildman–Crippen LogP) is 1.47. The summed E-state index contributed by atoms with van der Waals surface area (Å²) in [5.74, 6) is -5.88. The summed E-state index contributed by atoms with van der Waals surface area (Å²) in [5.41, 5.74) is 5.42. The number of carboxylic acids is 4. The molecule has 3 atom stereocenters. The molecule has 0 saturated heterocycles. The number of aliphatic carboxylic acids is 4. The Bertz CT molecular complexity index is 897. The fraction of sp³-hybridized carbons (Fsp3) is 0.741. The lowest BCUT2D eigenvalue weighted by atomic mass is 9.94. The molecule has 0 spiro atoms. The first-order chi connectivity index (χ1) is 19.9. The third-order valence-corrected chi connectivity index (χ3v) is 6.53. The lowest BCUT2D eigenvalue weighted by Crippen LogP contribution is -2.51. The van der Waals surface area contributed by atoms with Crippen LogP contribution in [0.2, 0.25) is 0 Å². The number of Topliss-reactive ketones (excluding diaryl/α,β-unsaturated/α-hetero) is 1. The number of urea groups is 1. The Balaban J connectivity index is 4.10. The molecular formula is C27H46N4O11. The molecule has 0 rings (SSSR count). The molecule has 15 heteroatoms. The van der Waals surface area contributed by atoms with Crippen molar-refractivity contribution in [1.29, 1.82) is 0 Å². The van der Waals surface area contributed by atoms with Gasteiger partial charge in [0.2, 0.25) is 5.91 Å². The number of hydrogen-bond acceptors (Lipinski definition) is 8. The molecular weight excluding hydrogens is 556 g/mol. The van der Waals surface area contributed by atoms with E-state index in [1.807, 2.05) is 0 Å². The average molecular weight is 603 g/mol. The molecule has 1 unspecified atom stereocenters. The number of unbranched alkanes of at least 4 members (excludes halogenated alkanes) is 5. The molecule has 0 aliphatic carbocycles. The smallest absolute Gasteiger partial charge is 0.326 e. The Hall–Kier alpha value is -3.75. The Morgan fingerprint density at radius 2 is 1.17 bits per heavy atom. The van der Waals surface area contributed by atoms with Crippen LogP contribution in [0.3, 0.4) is 0 Å². The predicted molar refractivity (Wildman–Crippen MR) is 150 cm³/mol. The van der Waals surface area contributed by atoms with Crippen molar-refractivity contribution in [2.45, 2.75) is 108 Å². The van der Waals surface area contributed by atoms with Crippen LogP contribution in [0.25, 0.3) is 0 Å². The molecule has 0 heterocycles. The number of carbonyl (C=O) groups is 7. The summed E-state index contributed by atoms with van der Waals surface area (Å²) in [6, 6.07) is -3.82. The van der Waals surface area contributed by atoms with Crippen LogP contribution in [0.15, 0.2) is 0 Å². The van der Waals surface area contributed by atoms with Gasteiger partial charge in [-0.2, -0.15) is 0 Å². The minimum Gasteiger partial charge on any atom is -0.481 e. The van der Waals surface area contributed by atoms with Gasteiger partial charge >= 0.3 is 29.9 Å². The molecule has 0 saturated carbocycles. The van der Waals surface area contributed by atoms with E-state index in [1.165, 1.54) is 0 Å². The van der Waals surface area contributed by atoms with E-state index in [2.05, 4.69) is 16.0 Å². The van der Waals surface area contributed by atoms with E-state index in [0.717, 1.165) is 19.3 Å². The standard InChI is InChI=1S/C27H46N4O11/c28-15-7-5-9-18(24(36)37)17-19(32)10-3-1-2-4-12-22(33)29-16-8-6-11-20(25(38)39)30-27(42)31-21(26(40)41)13-14-23(34)35/h18,20-21H,1-17,28H2,(H,29,33)(H,34,35)(H,36,37)(H,38,39)(H,40,41)(H2,30,31,42)/t18?,20-,21-/m0/s1. The Morgan fingerprint density at radius 1 is 0.595 bits per heavy atom. The first-order valence-corrected chi connectivity index (χ1v) is 14.3. The largest absolute Gasteiger partial charge is 0.481 e. The van der Waals surface area contributed by atoms with Crippen molar-refractivity contribution >= 4 is 41.6 Å². The number of ketones is 1. The van der Waals surface area contributed by atoms with E-state index in [4.69, 9.17) is 15.9 Å². The van der Waals surface area contributed by atoms with E-state index >= 15 is 0 Å². The summed E-state index contributed by atoms with van der Waals surface area (Å²) in [5, 5.41) is 43.3. The number of hydrogen-bond donors (Lipinski definition) is 8. The van der Waals surface area contributed by atoms with Crippen LogP contribution in [-0.2, 0) is 28.8 Å². The molecule has 3 amide bonds. The quantitative estimate of drug-likeness (QED) is 0.0654. The van der Waals surface area contributed by atoms with Gasteiger partial charge in [-0.25, -0.2) is 14.4 Å². The van der Waals surface area contributed by atoms with Gasteiger partial charge in [-0.15, -0.1) is 0 Å². The molecule has 0 bridgehead atoms. The van der Waals surface area contributed by atoms with Crippen LogP contribution in [0.4, 0.5) is 4.79 Å². The molecule has 0 fully saturated rings. The van der Waals surface area contributed by atoms with Crippen molar-refractivity contribution in [2.75, 3.05) is 13.1 Å². The van der Waals surface area contributed by atoms with Crippen molar-refractivity contribution in [3.05, 3.63) is 0 Å². The first kappa shape index (κ1) is 38.2. The topological polar surface area (TPSA) is 263 Å². The molecule has 0 aromatic rings. The van der Waals surface area contributed by atoms with E-state index in [9.17, 15) is 43.8 Å². The van der Waals surface area contributed by atoms with Crippen LogP contribution in [0.1, 0.15) is 96.3 Å². The van der Waals surface area contributed by atoms with Gasteiger partial charge in [-0.1, -0.05) is 19.3 Å². The number of carboxylic acid groups (broad SMARTS) is 4. The highest BCUT2D eigenvalue weighted by molar-refractivity contribution is 5.86. The van der Waals surface area contributed by atoms with Gasteiger partial charge in [0.1, 0.15) is 17.9 Å². The van der Waals surface area contributed by atoms with E-state index in [-0.39, 0.29) is 31.0 Å². The Kier molecular flexibility index (Phi) is 20.8. The van der Waals surface area contributed by atoms with E-state index in [0.29, 0.717) is 64.5 Å². The number of carbonyl (C=O) groups excluding carboxylic acids is 3. The Labute approximate surface area is 245 Å². The van der Waals surface area contributed by atoms with E-state index in [1.54, 1.807) is 0 Å². The number of amides is 3.